The van der Waals surface area contributed by atoms with Crippen molar-refractivity contribution in [2.45, 2.75) is 19.8 Å². The van der Waals surface area contributed by atoms with Crippen LogP contribution in [0, 0.1) is 12.8 Å². The molecule has 6 nitrogen and oxygen atoms in total. The molecule has 0 radical (unpaired) electrons. The van der Waals surface area contributed by atoms with E-state index in [2.05, 4.69) is 25.2 Å². The highest BCUT2D eigenvalue weighted by molar-refractivity contribution is 5.93. The quantitative estimate of drug-likeness (QED) is 0.902. The van der Waals surface area contributed by atoms with Gasteiger partial charge in [0.05, 0.1) is 6.33 Å². The van der Waals surface area contributed by atoms with Crippen LogP contribution in [0.5, 0.6) is 0 Å². The molecule has 2 aromatic rings. The molecule has 6 heteroatoms. The number of aromatic nitrogens is 3. The van der Waals surface area contributed by atoms with Crippen molar-refractivity contribution < 1.29 is 4.79 Å². The van der Waals surface area contributed by atoms with Crippen LogP contribution in [0.25, 0.3) is 0 Å². The minimum Gasteiger partial charge on any atom is -0.371 e. The Balaban J connectivity index is 1.55. The molecule has 0 spiro atoms. The van der Waals surface area contributed by atoms with E-state index < -0.39 is 0 Å². The predicted molar refractivity (Wildman–Crippen MR) is 84.8 cm³/mol. The lowest BCUT2D eigenvalue weighted by Crippen LogP contribution is -2.41. The second kappa shape index (κ2) is 6.60. The van der Waals surface area contributed by atoms with E-state index in [0.29, 0.717) is 18.2 Å². The number of rotatable bonds is 4. The van der Waals surface area contributed by atoms with Gasteiger partial charge in [-0.25, -0.2) is 4.98 Å². The molecule has 0 bridgehead atoms. The fraction of sp³-hybridized carbons (Fsp3) is 0.438. The van der Waals surface area contributed by atoms with Crippen molar-refractivity contribution in [2.75, 3.05) is 24.5 Å². The van der Waals surface area contributed by atoms with Crippen molar-refractivity contribution in [1.82, 2.24) is 20.3 Å². The largest absolute Gasteiger partial charge is 0.371 e. The third-order valence-electron chi connectivity index (χ3n) is 4.14. The minimum absolute atomic E-state index is 0.0974. The first-order valence-electron chi connectivity index (χ1n) is 7.67. The number of amides is 1. The number of imidazole rings is 1. The summed E-state index contributed by atoms with van der Waals surface area (Å²) < 4.78 is 0. The molecule has 0 aliphatic carbocycles. The fourth-order valence-electron chi connectivity index (χ4n) is 2.93. The minimum atomic E-state index is -0.0974. The van der Waals surface area contributed by atoms with Gasteiger partial charge in [0, 0.05) is 43.4 Å². The highest BCUT2D eigenvalue weighted by atomic mass is 16.1. The van der Waals surface area contributed by atoms with Crippen LogP contribution < -0.4 is 10.2 Å². The van der Waals surface area contributed by atoms with Crippen LogP contribution in [0.4, 0.5) is 5.69 Å². The van der Waals surface area contributed by atoms with Gasteiger partial charge in [0.15, 0.2) is 0 Å². The van der Waals surface area contributed by atoms with Gasteiger partial charge in [0.1, 0.15) is 5.69 Å². The standard InChI is InChI=1S/C16H21N5O/c1-12-15(20-11-19-12)16(22)18-9-13-3-2-8-21(10-13)14-4-6-17-7-5-14/h4-7,11,13H,2-3,8-10H2,1H3,(H,18,22)(H,19,20). The molecule has 3 rings (SSSR count). The van der Waals surface area contributed by atoms with Crippen molar-refractivity contribution in [3.05, 3.63) is 42.2 Å². The van der Waals surface area contributed by atoms with Crippen molar-refractivity contribution >= 4 is 11.6 Å². The number of aromatic amines is 1. The summed E-state index contributed by atoms with van der Waals surface area (Å²) in [5.74, 6) is 0.366. The van der Waals surface area contributed by atoms with E-state index in [4.69, 9.17) is 0 Å². The molecule has 2 N–H and O–H groups in total. The number of nitrogens with one attached hydrogen (secondary N) is 2. The molecule has 0 aromatic carbocycles. The van der Waals surface area contributed by atoms with Crippen LogP contribution in [0.2, 0.25) is 0 Å². The van der Waals surface area contributed by atoms with E-state index in [1.807, 2.05) is 31.5 Å². The SMILES string of the molecule is Cc1[nH]cnc1C(=O)NCC1CCCN(c2ccncc2)C1. The summed E-state index contributed by atoms with van der Waals surface area (Å²) in [6.45, 7) is 4.57. The van der Waals surface area contributed by atoms with Gasteiger partial charge in [0.25, 0.3) is 5.91 Å². The van der Waals surface area contributed by atoms with Gasteiger partial charge >= 0.3 is 0 Å². The fourth-order valence-corrected chi connectivity index (χ4v) is 2.93. The topological polar surface area (TPSA) is 73.9 Å². The molecule has 22 heavy (non-hydrogen) atoms. The normalized spacial score (nSPS) is 18.2. The van der Waals surface area contributed by atoms with Gasteiger partial charge in [-0.1, -0.05) is 0 Å². The molecule has 3 heterocycles. The summed E-state index contributed by atoms with van der Waals surface area (Å²) in [5.41, 5.74) is 2.50. The molecule has 1 aliphatic rings. The molecule has 1 aliphatic heterocycles. The number of carbonyl (C=O) groups excluding carboxylic acids is 1. The number of pyridine rings is 1. The highest BCUT2D eigenvalue weighted by Crippen LogP contribution is 2.22. The van der Waals surface area contributed by atoms with E-state index in [-0.39, 0.29) is 5.91 Å². The molecular weight excluding hydrogens is 278 g/mol. The highest BCUT2D eigenvalue weighted by Gasteiger charge is 2.21. The van der Waals surface area contributed by atoms with Crippen LogP contribution in [0.15, 0.2) is 30.9 Å². The average Bonchev–Trinajstić information content (AvgIpc) is 3.00. The number of hydrogen-bond acceptors (Lipinski definition) is 4. The molecule has 116 valence electrons. The maximum absolute atomic E-state index is 12.1. The lowest BCUT2D eigenvalue weighted by Gasteiger charge is -2.34. The molecular formula is C16H21N5O. The van der Waals surface area contributed by atoms with Gasteiger partial charge in [-0.3, -0.25) is 9.78 Å². The van der Waals surface area contributed by atoms with Crippen molar-refractivity contribution in [3.8, 4) is 0 Å². The zero-order valence-electron chi connectivity index (χ0n) is 12.7. The van der Waals surface area contributed by atoms with Crippen LogP contribution in [-0.4, -0.2) is 40.5 Å². The van der Waals surface area contributed by atoms with Crippen LogP contribution in [0.1, 0.15) is 29.0 Å². The molecule has 1 atom stereocenters. The number of H-pyrrole nitrogens is 1. The lowest BCUT2D eigenvalue weighted by atomic mass is 9.97. The summed E-state index contributed by atoms with van der Waals surface area (Å²) in [6.07, 6.45) is 7.48. The van der Waals surface area contributed by atoms with E-state index >= 15 is 0 Å². The molecule has 0 saturated carbocycles. The van der Waals surface area contributed by atoms with Crippen molar-refractivity contribution in [2.24, 2.45) is 5.92 Å². The number of hydrogen-bond donors (Lipinski definition) is 2. The predicted octanol–water partition coefficient (Wildman–Crippen LogP) is 1.76. The number of anilines is 1. The molecule has 2 aromatic heterocycles. The molecule has 1 fully saturated rings. The average molecular weight is 299 g/mol. The van der Waals surface area contributed by atoms with Gasteiger partial charge in [-0.2, -0.15) is 0 Å². The zero-order valence-corrected chi connectivity index (χ0v) is 12.7. The zero-order chi connectivity index (χ0) is 15.4. The number of carbonyl (C=O) groups is 1. The first-order chi connectivity index (χ1) is 10.7. The summed E-state index contributed by atoms with van der Waals surface area (Å²) in [4.78, 5) is 25.5. The lowest BCUT2D eigenvalue weighted by molar-refractivity contribution is 0.0940. The number of aryl methyl sites for hydroxylation is 1. The Morgan fingerprint density at radius 3 is 3.00 bits per heavy atom. The van der Waals surface area contributed by atoms with Crippen LogP contribution in [0.3, 0.4) is 0 Å². The summed E-state index contributed by atoms with van der Waals surface area (Å²) in [5, 5.41) is 3.01. The Labute approximate surface area is 130 Å². The Kier molecular flexibility index (Phi) is 4.37. The number of piperidine rings is 1. The Morgan fingerprint density at radius 2 is 2.27 bits per heavy atom. The van der Waals surface area contributed by atoms with Gasteiger partial charge in [-0.15, -0.1) is 0 Å². The Bertz CT molecular complexity index is 624. The molecule has 1 amide bonds. The summed E-state index contributed by atoms with van der Waals surface area (Å²) in [7, 11) is 0. The van der Waals surface area contributed by atoms with E-state index in [1.165, 1.54) is 5.69 Å². The summed E-state index contributed by atoms with van der Waals surface area (Å²) >= 11 is 0. The molecule has 1 unspecified atom stereocenters. The van der Waals surface area contributed by atoms with E-state index in [0.717, 1.165) is 31.6 Å². The van der Waals surface area contributed by atoms with E-state index in [9.17, 15) is 4.79 Å². The van der Waals surface area contributed by atoms with Crippen molar-refractivity contribution in [1.29, 1.82) is 0 Å². The Morgan fingerprint density at radius 1 is 1.45 bits per heavy atom. The first kappa shape index (κ1) is 14.6. The molecule has 1 saturated heterocycles. The second-order valence-corrected chi connectivity index (χ2v) is 5.75. The number of nitrogens with zero attached hydrogens (tertiary/aromatic N) is 3. The first-order valence-corrected chi connectivity index (χ1v) is 7.67. The third kappa shape index (κ3) is 3.27. The van der Waals surface area contributed by atoms with Crippen LogP contribution in [-0.2, 0) is 0 Å². The van der Waals surface area contributed by atoms with Gasteiger partial charge in [0.2, 0.25) is 0 Å². The second-order valence-electron chi connectivity index (χ2n) is 5.75. The maximum atomic E-state index is 12.1. The van der Waals surface area contributed by atoms with E-state index in [1.54, 1.807) is 6.33 Å². The van der Waals surface area contributed by atoms with Gasteiger partial charge in [-0.05, 0) is 37.8 Å². The van der Waals surface area contributed by atoms with Crippen molar-refractivity contribution in [3.63, 3.8) is 0 Å². The smallest absolute Gasteiger partial charge is 0.271 e. The monoisotopic (exact) mass is 299 g/mol. The maximum Gasteiger partial charge on any atom is 0.271 e. The summed E-state index contributed by atoms with van der Waals surface area (Å²) in [6, 6.07) is 4.07. The van der Waals surface area contributed by atoms with Crippen LogP contribution >= 0.6 is 0 Å². The van der Waals surface area contributed by atoms with Gasteiger partial charge < -0.3 is 15.2 Å². The Hall–Kier alpha value is -2.37. The third-order valence-corrected chi connectivity index (χ3v) is 4.14.